The van der Waals surface area contributed by atoms with Crippen molar-refractivity contribution in [3.63, 3.8) is 0 Å². The standard InChI is InChI=1S/C22H20N4O6S/c1-32-18-9-7-8-17(14-18)15-23-24-22(27)16-25(20-12-5-6-13-21(20)26(28)29)33(30,31)19-10-3-2-4-11-19/h2-15H,16H2,1H3,(H,24,27)/b23-15-. The smallest absolute Gasteiger partial charge is 0.293 e. The van der Waals surface area contributed by atoms with Crippen LogP contribution in [0.1, 0.15) is 5.56 Å². The molecule has 1 N–H and O–H groups in total. The molecule has 0 unspecified atom stereocenters. The van der Waals surface area contributed by atoms with Gasteiger partial charge in [0.15, 0.2) is 0 Å². The van der Waals surface area contributed by atoms with Crippen molar-refractivity contribution in [2.45, 2.75) is 4.90 Å². The molecule has 1 amide bonds. The minimum absolute atomic E-state index is 0.115. The van der Waals surface area contributed by atoms with Crippen LogP contribution in [-0.4, -0.2) is 39.1 Å². The Morgan fingerprint density at radius 2 is 1.79 bits per heavy atom. The number of amides is 1. The van der Waals surface area contributed by atoms with Gasteiger partial charge in [-0.05, 0) is 35.9 Å². The maximum absolute atomic E-state index is 13.3. The first-order valence-corrected chi connectivity index (χ1v) is 11.0. The van der Waals surface area contributed by atoms with Crippen LogP contribution in [0.5, 0.6) is 5.75 Å². The van der Waals surface area contributed by atoms with Gasteiger partial charge in [0.2, 0.25) is 0 Å². The number of sulfonamides is 1. The van der Waals surface area contributed by atoms with Gasteiger partial charge in [-0.2, -0.15) is 5.10 Å². The number of rotatable bonds is 9. The van der Waals surface area contributed by atoms with Gasteiger partial charge >= 0.3 is 0 Å². The molecule has 0 aliphatic carbocycles. The SMILES string of the molecule is COc1cccc(/C=N\NC(=O)CN(c2ccccc2[N+](=O)[O-])S(=O)(=O)c2ccccc2)c1. The average molecular weight is 468 g/mol. The first-order chi connectivity index (χ1) is 15.8. The summed E-state index contributed by atoms with van der Waals surface area (Å²) in [5.74, 6) is -0.186. The number of nitro benzene ring substituents is 1. The summed E-state index contributed by atoms with van der Waals surface area (Å²) in [4.78, 5) is 23.3. The number of methoxy groups -OCH3 is 1. The molecule has 0 radical (unpaired) electrons. The molecule has 3 aromatic carbocycles. The third-order valence-corrected chi connectivity index (χ3v) is 6.24. The Hall–Kier alpha value is -4.25. The van der Waals surface area contributed by atoms with Crippen LogP contribution in [0, 0.1) is 10.1 Å². The van der Waals surface area contributed by atoms with Crippen LogP contribution in [0.25, 0.3) is 0 Å². The van der Waals surface area contributed by atoms with E-state index in [9.17, 15) is 23.3 Å². The van der Waals surface area contributed by atoms with E-state index in [1.807, 2.05) is 0 Å². The summed E-state index contributed by atoms with van der Waals surface area (Å²) >= 11 is 0. The van der Waals surface area contributed by atoms with Gasteiger partial charge in [-0.1, -0.05) is 42.5 Å². The Bertz CT molecular complexity index is 1280. The number of anilines is 1. The lowest BCUT2D eigenvalue weighted by molar-refractivity contribution is -0.384. The van der Waals surface area contributed by atoms with Gasteiger partial charge in [0.1, 0.15) is 18.0 Å². The van der Waals surface area contributed by atoms with Gasteiger partial charge in [0.05, 0.1) is 23.1 Å². The summed E-state index contributed by atoms with van der Waals surface area (Å²) in [5, 5.41) is 15.3. The number of nitrogens with one attached hydrogen (secondary N) is 1. The zero-order chi connectivity index (χ0) is 23.8. The van der Waals surface area contributed by atoms with Crippen molar-refractivity contribution in [2.75, 3.05) is 18.0 Å². The minimum Gasteiger partial charge on any atom is -0.497 e. The second-order valence-corrected chi connectivity index (χ2v) is 8.50. The molecule has 0 aliphatic heterocycles. The molecule has 0 bridgehead atoms. The predicted molar refractivity (Wildman–Crippen MR) is 123 cm³/mol. The highest BCUT2D eigenvalue weighted by Crippen LogP contribution is 2.31. The first kappa shape index (κ1) is 23.4. The summed E-state index contributed by atoms with van der Waals surface area (Å²) in [7, 11) is -2.78. The minimum atomic E-state index is -4.29. The summed E-state index contributed by atoms with van der Waals surface area (Å²) in [6.07, 6.45) is 1.36. The molecule has 0 heterocycles. The van der Waals surface area contributed by atoms with Gasteiger partial charge in [0.25, 0.3) is 21.6 Å². The highest BCUT2D eigenvalue weighted by Gasteiger charge is 2.31. The average Bonchev–Trinajstić information content (AvgIpc) is 2.83. The number of nitro groups is 1. The van der Waals surface area contributed by atoms with Crippen LogP contribution < -0.4 is 14.5 Å². The van der Waals surface area contributed by atoms with Crippen LogP contribution in [0.3, 0.4) is 0 Å². The van der Waals surface area contributed by atoms with E-state index in [1.54, 1.807) is 30.3 Å². The van der Waals surface area contributed by atoms with Gasteiger partial charge in [-0.3, -0.25) is 14.9 Å². The fraction of sp³-hybridized carbons (Fsp3) is 0.0909. The van der Waals surface area contributed by atoms with Crippen molar-refractivity contribution in [1.29, 1.82) is 0 Å². The van der Waals surface area contributed by atoms with E-state index < -0.39 is 33.1 Å². The number of benzene rings is 3. The molecular weight excluding hydrogens is 448 g/mol. The van der Waals surface area contributed by atoms with Crippen LogP contribution in [0.15, 0.2) is 88.9 Å². The molecular formula is C22H20N4O6S. The molecule has 0 atom stereocenters. The largest absolute Gasteiger partial charge is 0.497 e. The zero-order valence-corrected chi connectivity index (χ0v) is 18.3. The second kappa shape index (κ2) is 10.4. The Kier molecular flexibility index (Phi) is 7.36. The number of hydrogen-bond donors (Lipinski definition) is 1. The third kappa shape index (κ3) is 5.71. The van der Waals surface area contributed by atoms with E-state index in [0.717, 1.165) is 0 Å². The van der Waals surface area contributed by atoms with Crippen LogP contribution >= 0.6 is 0 Å². The lowest BCUT2D eigenvalue weighted by Crippen LogP contribution is -2.39. The van der Waals surface area contributed by atoms with Crippen LogP contribution in [-0.2, 0) is 14.8 Å². The van der Waals surface area contributed by atoms with Crippen LogP contribution in [0.4, 0.5) is 11.4 Å². The molecule has 3 rings (SSSR count). The van der Waals surface area contributed by atoms with Gasteiger partial charge < -0.3 is 4.74 Å². The van der Waals surface area contributed by atoms with E-state index in [-0.39, 0.29) is 10.6 Å². The molecule has 0 aliphatic rings. The molecule has 0 saturated carbocycles. The van der Waals surface area contributed by atoms with Crippen LogP contribution in [0.2, 0.25) is 0 Å². The monoisotopic (exact) mass is 468 g/mol. The van der Waals surface area contributed by atoms with Crippen molar-refractivity contribution >= 4 is 33.5 Å². The van der Waals surface area contributed by atoms with E-state index in [1.165, 1.54) is 61.9 Å². The highest BCUT2D eigenvalue weighted by atomic mass is 32.2. The molecule has 0 fully saturated rings. The predicted octanol–water partition coefficient (Wildman–Crippen LogP) is 2.95. The maximum atomic E-state index is 13.3. The Morgan fingerprint density at radius 1 is 1.09 bits per heavy atom. The number of carbonyl (C=O) groups is 1. The van der Waals surface area contributed by atoms with Crippen molar-refractivity contribution in [3.05, 3.63) is 94.5 Å². The fourth-order valence-corrected chi connectivity index (χ4v) is 4.37. The Labute approximate surface area is 190 Å². The summed E-state index contributed by atoms with van der Waals surface area (Å²) in [5.41, 5.74) is 2.20. The molecule has 33 heavy (non-hydrogen) atoms. The van der Waals surface area contributed by atoms with Gasteiger partial charge in [-0.15, -0.1) is 0 Å². The Balaban J connectivity index is 1.89. The van der Waals surface area contributed by atoms with Gasteiger partial charge in [0, 0.05) is 6.07 Å². The molecule has 170 valence electrons. The summed E-state index contributed by atoms with van der Waals surface area (Å²) in [6.45, 7) is -0.725. The summed E-state index contributed by atoms with van der Waals surface area (Å²) in [6, 6.07) is 19.6. The van der Waals surface area contributed by atoms with E-state index in [0.29, 0.717) is 15.6 Å². The molecule has 10 nitrogen and oxygen atoms in total. The molecule has 11 heteroatoms. The topological polar surface area (TPSA) is 131 Å². The molecule has 3 aromatic rings. The molecule has 0 aromatic heterocycles. The number of para-hydroxylation sites is 2. The third-order valence-electron chi connectivity index (χ3n) is 4.46. The number of nitrogens with zero attached hydrogens (tertiary/aromatic N) is 3. The normalized spacial score (nSPS) is 11.2. The zero-order valence-electron chi connectivity index (χ0n) is 17.5. The van der Waals surface area contributed by atoms with E-state index >= 15 is 0 Å². The number of hydrogen-bond acceptors (Lipinski definition) is 7. The lowest BCUT2D eigenvalue weighted by Gasteiger charge is -2.23. The second-order valence-electron chi connectivity index (χ2n) is 6.64. The fourth-order valence-electron chi connectivity index (χ4n) is 2.92. The number of ether oxygens (including phenoxy) is 1. The quantitative estimate of drug-likeness (QED) is 0.292. The first-order valence-electron chi connectivity index (χ1n) is 9.60. The van der Waals surface area contributed by atoms with E-state index in [4.69, 9.17) is 4.74 Å². The number of carbonyl (C=O) groups excluding carboxylic acids is 1. The van der Waals surface area contributed by atoms with Gasteiger partial charge in [-0.25, -0.2) is 18.1 Å². The Morgan fingerprint density at radius 3 is 2.48 bits per heavy atom. The van der Waals surface area contributed by atoms with E-state index in [2.05, 4.69) is 10.5 Å². The summed E-state index contributed by atoms with van der Waals surface area (Å²) < 4.78 is 32.4. The number of hydrazone groups is 1. The molecule has 0 saturated heterocycles. The van der Waals surface area contributed by atoms with Crippen molar-refractivity contribution in [3.8, 4) is 5.75 Å². The van der Waals surface area contributed by atoms with Crippen molar-refractivity contribution in [1.82, 2.24) is 5.43 Å². The van der Waals surface area contributed by atoms with Crippen molar-refractivity contribution in [2.24, 2.45) is 5.10 Å². The molecule has 0 spiro atoms. The highest BCUT2D eigenvalue weighted by molar-refractivity contribution is 7.92. The maximum Gasteiger partial charge on any atom is 0.293 e. The lowest BCUT2D eigenvalue weighted by atomic mass is 10.2. The van der Waals surface area contributed by atoms with Crippen molar-refractivity contribution < 1.29 is 22.9 Å².